The van der Waals surface area contributed by atoms with Crippen molar-refractivity contribution in [2.45, 2.75) is 12.5 Å². The molecule has 0 aliphatic rings. The van der Waals surface area contributed by atoms with Gasteiger partial charge in [0, 0.05) is 16.5 Å². The van der Waals surface area contributed by atoms with Crippen LogP contribution in [0.2, 0.25) is 0 Å². The summed E-state index contributed by atoms with van der Waals surface area (Å²) in [5.74, 6) is -1.12. The zero-order chi connectivity index (χ0) is 13.3. The molecule has 0 bridgehead atoms. The first kappa shape index (κ1) is 12.8. The molecule has 1 aromatic heterocycles. The third kappa shape index (κ3) is 2.44. The van der Waals surface area contributed by atoms with Gasteiger partial charge in [0.05, 0.1) is 5.52 Å². The molecule has 5 nitrogen and oxygen atoms in total. The summed E-state index contributed by atoms with van der Waals surface area (Å²) in [7, 11) is 0. The molecule has 18 heavy (non-hydrogen) atoms. The molecule has 1 aromatic carbocycles. The van der Waals surface area contributed by atoms with E-state index in [4.69, 9.17) is 10.8 Å². The number of hydrogen-bond donors (Lipinski definition) is 3. The standard InChI is InChI=1S/C12H11BrN2O3/c13-8-3-1-2-6-4-7(5-9(14)12(17)18)11(16)15-10(6)8/h1-4,9H,5,14H2,(H,15,16)(H,17,18). The number of carbonyl (C=O) groups is 1. The maximum atomic E-state index is 11.8. The summed E-state index contributed by atoms with van der Waals surface area (Å²) in [4.78, 5) is 25.2. The molecule has 0 fully saturated rings. The highest BCUT2D eigenvalue weighted by molar-refractivity contribution is 9.10. The van der Waals surface area contributed by atoms with Crippen molar-refractivity contribution in [3.8, 4) is 0 Å². The molecule has 1 unspecified atom stereocenters. The fourth-order valence-electron chi connectivity index (χ4n) is 1.72. The maximum Gasteiger partial charge on any atom is 0.320 e. The van der Waals surface area contributed by atoms with E-state index in [0.717, 1.165) is 9.86 Å². The minimum absolute atomic E-state index is 0.00706. The van der Waals surface area contributed by atoms with Crippen LogP contribution in [-0.4, -0.2) is 22.1 Å². The van der Waals surface area contributed by atoms with Crippen LogP contribution in [0.15, 0.2) is 33.5 Å². The van der Waals surface area contributed by atoms with Crippen molar-refractivity contribution in [3.63, 3.8) is 0 Å². The molecular weight excluding hydrogens is 300 g/mol. The van der Waals surface area contributed by atoms with Crippen LogP contribution >= 0.6 is 15.9 Å². The second-order valence-corrected chi connectivity index (χ2v) is 4.83. The SMILES string of the molecule is NC(Cc1cc2cccc(Br)c2[nH]c1=O)C(=O)O. The summed E-state index contributed by atoms with van der Waals surface area (Å²) >= 11 is 3.34. The number of para-hydroxylation sites is 1. The monoisotopic (exact) mass is 310 g/mol. The predicted octanol–water partition coefficient (Wildman–Crippen LogP) is 1.24. The average molecular weight is 311 g/mol. The van der Waals surface area contributed by atoms with Crippen LogP contribution in [0.25, 0.3) is 10.9 Å². The minimum atomic E-state index is -1.12. The zero-order valence-electron chi connectivity index (χ0n) is 9.31. The Morgan fingerprint density at radius 2 is 2.22 bits per heavy atom. The molecule has 6 heteroatoms. The first-order valence-electron chi connectivity index (χ1n) is 5.28. The Balaban J connectivity index is 2.50. The second kappa shape index (κ2) is 4.91. The van der Waals surface area contributed by atoms with Crippen LogP contribution in [0.1, 0.15) is 5.56 Å². The molecule has 1 heterocycles. The van der Waals surface area contributed by atoms with Gasteiger partial charge in [-0.1, -0.05) is 12.1 Å². The Kier molecular flexibility index (Phi) is 3.49. The molecule has 0 saturated carbocycles. The van der Waals surface area contributed by atoms with Crippen molar-refractivity contribution >= 4 is 32.8 Å². The van der Waals surface area contributed by atoms with E-state index in [-0.39, 0.29) is 12.0 Å². The van der Waals surface area contributed by atoms with E-state index in [1.807, 2.05) is 18.2 Å². The van der Waals surface area contributed by atoms with Crippen molar-refractivity contribution in [2.75, 3.05) is 0 Å². The highest BCUT2D eigenvalue weighted by Crippen LogP contribution is 2.21. The van der Waals surface area contributed by atoms with E-state index in [2.05, 4.69) is 20.9 Å². The Labute approximate surface area is 111 Å². The number of carboxylic acids is 1. The lowest BCUT2D eigenvalue weighted by atomic mass is 10.1. The lowest BCUT2D eigenvalue weighted by Gasteiger charge is -2.07. The molecule has 0 aliphatic heterocycles. The molecule has 2 aromatic rings. The van der Waals surface area contributed by atoms with Gasteiger partial charge in [-0.3, -0.25) is 9.59 Å². The van der Waals surface area contributed by atoms with E-state index in [1.54, 1.807) is 6.07 Å². The van der Waals surface area contributed by atoms with Gasteiger partial charge in [0.25, 0.3) is 5.56 Å². The predicted molar refractivity (Wildman–Crippen MR) is 71.6 cm³/mol. The maximum absolute atomic E-state index is 11.8. The number of aromatic nitrogens is 1. The zero-order valence-corrected chi connectivity index (χ0v) is 10.9. The van der Waals surface area contributed by atoms with Gasteiger partial charge < -0.3 is 15.8 Å². The minimum Gasteiger partial charge on any atom is -0.480 e. The number of carboxylic acid groups (broad SMARTS) is 1. The average Bonchev–Trinajstić information content (AvgIpc) is 2.31. The number of aliphatic carboxylic acids is 1. The van der Waals surface area contributed by atoms with E-state index < -0.39 is 12.0 Å². The normalized spacial score (nSPS) is 12.6. The van der Waals surface area contributed by atoms with Crippen LogP contribution in [-0.2, 0) is 11.2 Å². The number of pyridine rings is 1. The van der Waals surface area contributed by atoms with Gasteiger partial charge in [0.1, 0.15) is 6.04 Å². The molecule has 1 atom stereocenters. The van der Waals surface area contributed by atoms with Crippen LogP contribution in [0, 0.1) is 0 Å². The lowest BCUT2D eigenvalue weighted by molar-refractivity contribution is -0.138. The van der Waals surface area contributed by atoms with Crippen molar-refractivity contribution < 1.29 is 9.90 Å². The van der Waals surface area contributed by atoms with Gasteiger partial charge in [0.2, 0.25) is 0 Å². The van der Waals surface area contributed by atoms with Crippen molar-refractivity contribution in [1.29, 1.82) is 0 Å². The molecule has 4 N–H and O–H groups in total. The highest BCUT2D eigenvalue weighted by Gasteiger charge is 2.15. The van der Waals surface area contributed by atoms with Gasteiger partial charge in [-0.2, -0.15) is 0 Å². The fourth-order valence-corrected chi connectivity index (χ4v) is 2.20. The Bertz CT molecular complexity index is 666. The van der Waals surface area contributed by atoms with Crippen LogP contribution in [0.5, 0.6) is 0 Å². The molecular formula is C12H11BrN2O3. The van der Waals surface area contributed by atoms with Gasteiger partial charge in [-0.25, -0.2) is 0 Å². The Morgan fingerprint density at radius 1 is 1.50 bits per heavy atom. The number of benzene rings is 1. The molecule has 0 amide bonds. The molecule has 0 radical (unpaired) electrons. The molecule has 2 rings (SSSR count). The van der Waals surface area contributed by atoms with Crippen molar-refractivity contribution in [2.24, 2.45) is 5.73 Å². The molecule has 0 spiro atoms. The Morgan fingerprint density at radius 3 is 2.89 bits per heavy atom. The number of halogens is 1. The second-order valence-electron chi connectivity index (χ2n) is 3.98. The number of nitrogens with one attached hydrogen (secondary N) is 1. The number of aromatic amines is 1. The van der Waals surface area contributed by atoms with Crippen LogP contribution in [0.3, 0.4) is 0 Å². The first-order chi connectivity index (χ1) is 8.49. The van der Waals surface area contributed by atoms with Crippen molar-refractivity contribution in [3.05, 3.63) is 44.7 Å². The quantitative estimate of drug-likeness (QED) is 0.795. The summed E-state index contributed by atoms with van der Waals surface area (Å²) in [5.41, 5.74) is 6.18. The summed E-state index contributed by atoms with van der Waals surface area (Å²) in [6.07, 6.45) is 0.00706. The third-order valence-corrected chi connectivity index (χ3v) is 3.32. The van der Waals surface area contributed by atoms with Crippen LogP contribution in [0.4, 0.5) is 0 Å². The van der Waals surface area contributed by atoms with Gasteiger partial charge >= 0.3 is 5.97 Å². The number of hydrogen-bond acceptors (Lipinski definition) is 3. The number of nitrogens with two attached hydrogens (primary N) is 1. The molecule has 0 aliphatic carbocycles. The van der Waals surface area contributed by atoms with Gasteiger partial charge in [-0.15, -0.1) is 0 Å². The Hall–Kier alpha value is -1.66. The molecule has 94 valence electrons. The lowest BCUT2D eigenvalue weighted by Crippen LogP contribution is -2.34. The van der Waals surface area contributed by atoms with E-state index in [1.165, 1.54) is 0 Å². The van der Waals surface area contributed by atoms with Gasteiger partial charge in [0.15, 0.2) is 0 Å². The summed E-state index contributed by atoms with van der Waals surface area (Å²) in [6, 6.07) is 6.09. The summed E-state index contributed by atoms with van der Waals surface area (Å²) in [5, 5.41) is 9.58. The number of fused-ring (bicyclic) bond motifs is 1. The highest BCUT2D eigenvalue weighted by atomic mass is 79.9. The summed E-state index contributed by atoms with van der Waals surface area (Å²) < 4.78 is 0.784. The smallest absolute Gasteiger partial charge is 0.320 e. The van der Waals surface area contributed by atoms with Gasteiger partial charge in [-0.05, 0) is 33.4 Å². The first-order valence-corrected chi connectivity index (χ1v) is 6.07. The van der Waals surface area contributed by atoms with Crippen LogP contribution < -0.4 is 11.3 Å². The fraction of sp³-hybridized carbons (Fsp3) is 0.167. The molecule has 0 saturated heterocycles. The van der Waals surface area contributed by atoms with Crippen molar-refractivity contribution in [1.82, 2.24) is 4.98 Å². The number of H-pyrrole nitrogens is 1. The van der Waals surface area contributed by atoms with E-state index >= 15 is 0 Å². The summed E-state index contributed by atoms with van der Waals surface area (Å²) in [6.45, 7) is 0. The van der Waals surface area contributed by atoms with E-state index in [9.17, 15) is 9.59 Å². The largest absolute Gasteiger partial charge is 0.480 e. The number of rotatable bonds is 3. The topological polar surface area (TPSA) is 96.2 Å². The van der Waals surface area contributed by atoms with E-state index in [0.29, 0.717) is 11.1 Å². The third-order valence-electron chi connectivity index (χ3n) is 2.66.